The van der Waals surface area contributed by atoms with Crippen molar-refractivity contribution in [3.05, 3.63) is 41.6 Å². The first-order valence-corrected chi connectivity index (χ1v) is 8.34. The number of H-pyrrole nitrogens is 1. The Kier molecular flexibility index (Phi) is 4.99. The van der Waals surface area contributed by atoms with Crippen LogP contribution in [0.2, 0.25) is 0 Å². The van der Waals surface area contributed by atoms with E-state index in [0.717, 1.165) is 16.9 Å². The molecule has 0 atom stereocenters. The van der Waals surface area contributed by atoms with Crippen LogP contribution < -0.4 is 5.49 Å². The fourth-order valence-electron chi connectivity index (χ4n) is 2.36. The lowest BCUT2D eigenvalue weighted by Gasteiger charge is -2.05. The van der Waals surface area contributed by atoms with E-state index >= 15 is 0 Å². The number of hydrogen-bond acceptors (Lipinski definition) is 5. The Labute approximate surface area is 143 Å². The quantitative estimate of drug-likeness (QED) is 0.475. The van der Waals surface area contributed by atoms with Crippen LogP contribution in [-0.2, 0) is 13.2 Å². The van der Waals surface area contributed by atoms with Crippen LogP contribution in [-0.4, -0.2) is 24.6 Å². The summed E-state index contributed by atoms with van der Waals surface area (Å²) in [7, 11) is 0. The van der Waals surface area contributed by atoms with Gasteiger partial charge in [0.1, 0.15) is 5.52 Å². The summed E-state index contributed by atoms with van der Waals surface area (Å²) in [6.45, 7) is 0.677. The van der Waals surface area contributed by atoms with Gasteiger partial charge in [-0.1, -0.05) is 30.0 Å². The second kappa shape index (κ2) is 7.34. The third-order valence-electron chi connectivity index (χ3n) is 3.57. The first-order valence-electron chi connectivity index (χ1n) is 7.52. The average Bonchev–Trinajstić information content (AvgIpc) is 3.02. The van der Waals surface area contributed by atoms with Gasteiger partial charge >= 0.3 is 0 Å². The Morgan fingerprint density at radius 1 is 1.38 bits per heavy atom. The molecule has 3 N–H and O–H groups in total. The SMILES string of the molecule is C#CCCCn1cnc(=N)c2[nH]c(Sc3ccccc3CO)nc21. The third kappa shape index (κ3) is 3.35. The number of aryl methyl sites for hydroxylation is 1. The maximum atomic E-state index is 9.44. The van der Waals surface area contributed by atoms with Crippen molar-refractivity contribution in [2.24, 2.45) is 0 Å². The molecule has 0 amide bonds. The molecule has 0 aliphatic carbocycles. The van der Waals surface area contributed by atoms with Crippen molar-refractivity contribution in [1.29, 1.82) is 5.41 Å². The molecule has 0 spiro atoms. The predicted octanol–water partition coefficient (Wildman–Crippen LogP) is 2.30. The van der Waals surface area contributed by atoms with Crippen LogP contribution in [0.25, 0.3) is 11.2 Å². The predicted molar refractivity (Wildman–Crippen MR) is 92.3 cm³/mol. The first kappa shape index (κ1) is 16.3. The number of aromatic amines is 1. The highest BCUT2D eigenvalue weighted by molar-refractivity contribution is 7.99. The van der Waals surface area contributed by atoms with Crippen LogP contribution in [0, 0.1) is 17.8 Å². The zero-order valence-corrected chi connectivity index (χ0v) is 13.8. The zero-order valence-electron chi connectivity index (χ0n) is 13.0. The molecule has 0 aliphatic rings. The monoisotopic (exact) mass is 339 g/mol. The first-order chi connectivity index (χ1) is 11.7. The van der Waals surface area contributed by atoms with E-state index in [-0.39, 0.29) is 12.1 Å². The van der Waals surface area contributed by atoms with Gasteiger partial charge in [-0.15, -0.1) is 12.3 Å². The summed E-state index contributed by atoms with van der Waals surface area (Å²) < 4.78 is 1.91. The highest BCUT2D eigenvalue weighted by atomic mass is 32.2. The minimum absolute atomic E-state index is 0.0270. The third-order valence-corrected chi connectivity index (χ3v) is 4.57. The minimum Gasteiger partial charge on any atom is -0.392 e. The number of hydrogen-bond donors (Lipinski definition) is 3. The van der Waals surface area contributed by atoms with Gasteiger partial charge in [0.2, 0.25) is 0 Å². The van der Waals surface area contributed by atoms with Crippen molar-refractivity contribution < 1.29 is 5.11 Å². The Balaban J connectivity index is 1.95. The van der Waals surface area contributed by atoms with Crippen LogP contribution in [0.4, 0.5) is 0 Å². The van der Waals surface area contributed by atoms with Gasteiger partial charge < -0.3 is 14.7 Å². The number of benzene rings is 1. The van der Waals surface area contributed by atoms with Crippen LogP contribution >= 0.6 is 11.8 Å². The largest absolute Gasteiger partial charge is 0.392 e. The van der Waals surface area contributed by atoms with Crippen LogP contribution in [0.5, 0.6) is 0 Å². The molecule has 0 radical (unpaired) electrons. The Morgan fingerprint density at radius 3 is 3.00 bits per heavy atom. The summed E-state index contributed by atoms with van der Waals surface area (Å²) in [5.74, 6) is 2.62. The van der Waals surface area contributed by atoms with Gasteiger partial charge in [0.15, 0.2) is 16.3 Å². The van der Waals surface area contributed by atoms with Gasteiger partial charge in [0.05, 0.1) is 12.9 Å². The fourth-order valence-corrected chi connectivity index (χ4v) is 3.27. The number of aliphatic hydroxyl groups excluding tert-OH is 1. The molecule has 122 valence electrons. The fraction of sp³-hybridized carbons (Fsp3) is 0.235. The maximum Gasteiger partial charge on any atom is 0.173 e. The van der Waals surface area contributed by atoms with Crippen molar-refractivity contribution in [3.63, 3.8) is 0 Å². The molecule has 0 aliphatic heterocycles. The summed E-state index contributed by atoms with van der Waals surface area (Å²) in [5, 5.41) is 18.1. The number of terminal acetylenes is 1. The number of nitrogens with one attached hydrogen (secondary N) is 2. The summed E-state index contributed by atoms with van der Waals surface area (Å²) in [4.78, 5) is 12.8. The molecule has 3 aromatic rings. The lowest BCUT2D eigenvalue weighted by molar-refractivity contribution is 0.279. The van der Waals surface area contributed by atoms with E-state index in [1.807, 2.05) is 28.8 Å². The van der Waals surface area contributed by atoms with Crippen molar-refractivity contribution >= 4 is 22.9 Å². The molecule has 3 rings (SSSR count). The number of fused-ring (bicyclic) bond motifs is 1. The molecule has 2 heterocycles. The van der Waals surface area contributed by atoms with E-state index in [0.29, 0.717) is 29.3 Å². The van der Waals surface area contributed by atoms with Crippen molar-refractivity contribution in [2.75, 3.05) is 0 Å². The van der Waals surface area contributed by atoms with E-state index in [9.17, 15) is 5.11 Å². The van der Waals surface area contributed by atoms with Crippen molar-refractivity contribution in [1.82, 2.24) is 19.5 Å². The molecule has 0 saturated carbocycles. The van der Waals surface area contributed by atoms with E-state index in [1.54, 1.807) is 6.33 Å². The van der Waals surface area contributed by atoms with E-state index in [1.165, 1.54) is 11.8 Å². The highest BCUT2D eigenvalue weighted by Crippen LogP contribution is 2.29. The second-order valence-corrected chi connectivity index (χ2v) is 6.23. The molecule has 0 saturated heterocycles. The second-order valence-electron chi connectivity index (χ2n) is 5.20. The Hall–Kier alpha value is -2.56. The molecule has 0 unspecified atom stereocenters. The smallest absolute Gasteiger partial charge is 0.173 e. The Bertz CT molecular complexity index is 954. The maximum absolute atomic E-state index is 9.44. The molecule has 1 aromatic carbocycles. The molecule has 0 bridgehead atoms. The van der Waals surface area contributed by atoms with Gasteiger partial charge in [-0.05, 0) is 18.1 Å². The van der Waals surface area contributed by atoms with Crippen molar-refractivity contribution in [2.45, 2.75) is 36.0 Å². The number of nitrogens with zero attached hydrogens (tertiary/aromatic N) is 3. The summed E-state index contributed by atoms with van der Waals surface area (Å²) in [6, 6.07) is 7.62. The standard InChI is InChI=1S/C17H17N5OS/c1-2-3-6-9-22-11-19-15(18)14-16(22)21-17(20-14)24-13-8-5-4-7-12(13)10-23/h1,4-5,7-8,11,18,23H,3,6,9-10H2,(H,20,21). The summed E-state index contributed by atoms with van der Waals surface area (Å²) in [5.41, 5.74) is 2.29. The number of imidazole rings is 1. The van der Waals surface area contributed by atoms with Gasteiger partial charge in [0.25, 0.3) is 0 Å². The van der Waals surface area contributed by atoms with Crippen LogP contribution in [0.1, 0.15) is 18.4 Å². The van der Waals surface area contributed by atoms with Gasteiger partial charge in [-0.3, -0.25) is 5.41 Å². The molecule has 2 aromatic heterocycles. The van der Waals surface area contributed by atoms with Crippen LogP contribution in [0.3, 0.4) is 0 Å². The zero-order chi connectivity index (χ0) is 16.9. The normalized spacial score (nSPS) is 10.8. The number of aliphatic hydroxyl groups is 1. The van der Waals surface area contributed by atoms with Crippen LogP contribution in [0.15, 0.2) is 40.6 Å². The summed E-state index contributed by atoms with van der Waals surface area (Å²) >= 11 is 1.43. The molecular formula is C17H17N5OS. The Morgan fingerprint density at radius 2 is 2.21 bits per heavy atom. The van der Waals surface area contributed by atoms with E-state index in [4.69, 9.17) is 11.8 Å². The van der Waals surface area contributed by atoms with Gasteiger partial charge in [0, 0.05) is 17.9 Å². The molecule has 7 heteroatoms. The van der Waals surface area contributed by atoms with E-state index in [2.05, 4.69) is 20.9 Å². The number of aromatic nitrogens is 4. The lowest BCUT2D eigenvalue weighted by Crippen LogP contribution is -2.12. The topological polar surface area (TPSA) is 90.6 Å². The molecule has 24 heavy (non-hydrogen) atoms. The average molecular weight is 339 g/mol. The minimum atomic E-state index is -0.0270. The van der Waals surface area contributed by atoms with Gasteiger partial charge in [-0.2, -0.15) is 0 Å². The molecule has 6 nitrogen and oxygen atoms in total. The molecule has 0 fully saturated rings. The molecular weight excluding hydrogens is 322 g/mol. The lowest BCUT2D eigenvalue weighted by atomic mass is 10.2. The number of unbranched alkanes of at least 4 members (excludes halogenated alkanes) is 1. The van der Waals surface area contributed by atoms with Gasteiger partial charge in [-0.25, -0.2) is 9.97 Å². The van der Waals surface area contributed by atoms with Crippen molar-refractivity contribution in [3.8, 4) is 12.3 Å². The van der Waals surface area contributed by atoms with E-state index < -0.39 is 0 Å². The number of rotatable bonds is 6. The highest BCUT2D eigenvalue weighted by Gasteiger charge is 2.11. The summed E-state index contributed by atoms with van der Waals surface area (Å²) in [6.07, 6.45) is 8.44.